The molecule has 0 bridgehead atoms. The Kier molecular flexibility index (Phi) is 9.74. The van der Waals surface area contributed by atoms with Crippen LogP contribution in [0.3, 0.4) is 0 Å². The van der Waals surface area contributed by atoms with E-state index in [0.29, 0.717) is 38.0 Å². The van der Waals surface area contributed by atoms with Gasteiger partial charge in [-0.3, -0.25) is 9.59 Å². The van der Waals surface area contributed by atoms with Gasteiger partial charge in [0.15, 0.2) is 0 Å². The molecule has 0 unspecified atom stereocenters. The van der Waals surface area contributed by atoms with Gasteiger partial charge in [0.2, 0.25) is 11.8 Å². The van der Waals surface area contributed by atoms with Crippen LogP contribution in [0.1, 0.15) is 82.0 Å². The van der Waals surface area contributed by atoms with E-state index in [-0.39, 0.29) is 11.8 Å². The van der Waals surface area contributed by atoms with Gasteiger partial charge in [-0.25, -0.2) is 4.98 Å². The van der Waals surface area contributed by atoms with Gasteiger partial charge in [-0.1, -0.05) is 62.8 Å². The first-order valence-electron chi connectivity index (χ1n) is 15.3. The number of imidazole rings is 1. The van der Waals surface area contributed by atoms with Gasteiger partial charge in [0.1, 0.15) is 18.1 Å². The van der Waals surface area contributed by atoms with E-state index in [1.54, 1.807) is 7.11 Å². The number of methoxy groups -OCH3 is 1. The summed E-state index contributed by atoms with van der Waals surface area (Å²) in [5.74, 6) is 1.96. The highest BCUT2D eigenvalue weighted by Crippen LogP contribution is 2.31. The second-order valence-corrected chi connectivity index (χ2v) is 11.5. The topological polar surface area (TPSA) is 76.5 Å². The number of aryl methyl sites for hydroxylation is 1. The minimum atomic E-state index is 0.00412. The van der Waals surface area contributed by atoms with Crippen molar-refractivity contribution in [3.63, 3.8) is 0 Å². The largest absolute Gasteiger partial charge is 0.497 e. The number of ether oxygens (including phenoxy) is 1. The Morgan fingerprint density at radius 1 is 0.925 bits per heavy atom. The fraction of sp³-hybridized carbons (Fsp3) is 0.545. The molecule has 7 heteroatoms. The maximum atomic E-state index is 14.1. The van der Waals surface area contributed by atoms with Crippen molar-refractivity contribution in [2.75, 3.05) is 13.7 Å². The summed E-state index contributed by atoms with van der Waals surface area (Å²) in [5.41, 5.74) is 2.90. The molecular formula is C33H44N4O3. The Bertz CT molecular complexity index is 1240. The van der Waals surface area contributed by atoms with Crippen molar-refractivity contribution in [1.29, 1.82) is 0 Å². The van der Waals surface area contributed by atoms with Gasteiger partial charge in [-0.2, -0.15) is 0 Å². The molecule has 0 radical (unpaired) electrons. The molecule has 2 aliphatic carbocycles. The predicted octanol–water partition coefficient (Wildman–Crippen LogP) is 5.83. The normalized spacial score (nSPS) is 16.6. The number of aromatic nitrogens is 2. The summed E-state index contributed by atoms with van der Waals surface area (Å²) < 4.78 is 7.33. The van der Waals surface area contributed by atoms with Crippen molar-refractivity contribution in [2.24, 2.45) is 0 Å². The molecule has 2 aliphatic rings. The molecule has 1 heterocycles. The lowest BCUT2D eigenvalue weighted by Gasteiger charge is -2.42. The summed E-state index contributed by atoms with van der Waals surface area (Å²) in [4.78, 5) is 33.8. The number of hydrogen-bond donors (Lipinski definition) is 1. The number of rotatable bonds is 11. The number of amides is 2. The van der Waals surface area contributed by atoms with Crippen LogP contribution in [0.2, 0.25) is 0 Å². The van der Waals surface area contributed by atoms with Crippen LogP contribution in [0.4, 0.5) is 0 Å². The molecule has 0 spiro atoms. The number of carbonyl (C=O) groups excluding carboxylic acids is 2. The van der Waals surface area contributed by atoms with Crippen LogP contribution < -0.4 is 10.1 Å². The van der Waals surface area contributed by atoms with Crippen molar-refractivity contribution in [3.05, 3.63) is 59.9 Å². The van der Waals surface area contributed by atoms with Crippen LogP contribution in [0.5, 0.6) is 5.75 Å². The standard InChI is InChI=1S/C33H44N4O3/c1-40-28-20-18-25(19-21-28)23-32(38)34-22-10-17-31-35-29-15-8-9-16-30(29)36(31)24-33(39)37(26-11-4-2-5-12-26)27-13-6-3-7-14-27/h8-9,15-16,18-21,26-27H,2-7,10-14,17,22-24H2,1H3,(H,34,38). The first-order valence-corrected chi connectivity index (χ1v) is 15.3. The molecule has 0 saturated heterocycles. The van der Waals surface area contributed by atoms with E-state index >= 15 is 0 Å². The molecule has 3 aromatic rings. The van der Waals surface area contributed by atoms with Crippen molar-refractivity contribution in [2.45, 2.75) is 102 Å². The van der Waals surface area contributed by atoms with E-state index in [2.05, 4.69) is 20.9 Å². The minimum Gasteiger partial charge on any atom is -0.497 e. The molecule has 2 saturated carbocycles. The van der Waals surface area contributed by atoms with E-state index in [1.165, 1.54) is 38.5 Å². The van der Waals surface area contributed by atoms with E-state index < -0.39 is 0 Å². The van der Waals surface area contributed by atoms with Gasteiger partial charge >= 0.3 is 0 Å². The highest BCUT2D eigenvalue weighted by atomic mass is 16.5. The summed E-state index contributed by atoms with van der Waals surface area (Å²) >= 11 is 0. The molecular weight excluding hydrogens is 500 g/mol. The summed E-state index contributed by atoms with van der Waals surface area (Å²) in [6.07, 6.45) is 13.8. The lowest BCUT2D eigenvalue weighted by molar-refractivity contribution is -0.138. The molecule has 7 nitrogen and oxygen atoms in total. The van der Waals surface area contributed by atoms with Crippen molar-refractivity contribution in [3.8, 4) is 5.75 Å². The van der Waals surface area contributed by atoms with Gasteiger partial charge < -0.3 is 19.5 Å². The van der Waals surface area contributed by atoms with Crippen LogP contribution in [0.15, 0.2) is 48.5 Å². The highest BCUT2D eigenvalue weighted by molar-refractivity contribution is 5.82. The predicted molar refractivity (Wildman–Crippen MR) is 158 cm³/mol. The Labute approximate surface area is 238 Å². The smallest absolute Gasteiger partial charge is 0.243 e. The third kappa shape index (κ3) is 7.04. The number of carbonyl (C=O) groups is 2. The third-order valence-corrected chi connectivity index (χ3v) is 8.67. The van der Waals surface area contributed by atoms with Gasteiger partial charge in [0.05, 0.1) is 24.6 Å². The fourth-order valence-electron chi connectivity index (χ4n) is 6.60. The van der Waals surface area contributed by atoms with Crippen molar-refractivity contribution < 1.29 is 14.3 Å². The minimum absolute atomic E-state index is 0.00412. The molecule has 214 valence electrons. The van der Waals surface area contributed by atoms with Crippen LogP contribution in [0.25, 0.3) is 11.0 Å². The second-order valence-electron chi connectivity index (χ2n) is 11.5. The second kappa shape index (κ2) is 13.8. The summed E-state index contributed by atoms with van der Waals surface area (Å²) in [5, 5.41) is 3.05. The quantitative estimate of drug-likeness (QED) is 0.308. The summed E-state index contributed by atoms with van der Waals surface area (Å²) in [6.45, 7) is 0.912. The lowest BCUT2D eigenvalue weighted by Crippen LogP contribution is -2.50. The molecule has 2 amide bonds. The Morgan fingerprint density at radius 2 is 1.57 bits per heavy atom. The van der Waals surface area contributed by atoms with Crippen LogP contribution >= 0.6 is 0 Å². The SMILES string of the molecule is COc1ccc(CC(=O)NCCCc2nc3ccccc3n2CC(=O)N(C2CCCCC2)C2CCCCC2)cc1. The molecule has 40 heavy (non-hydrogen) atoms. The monoisotopic (exact) mass is 544 g/mol. The summed E-state index contributed by atoms with van der Waals surface area (Å²) in [7, 11) is 1.63. The fourth-order valence-corrected chi connectivity index (χ4v) is 6.60. The van der Waals surface area contributed by atoms with Crippen LogP contribution in [0, 0.1) is 0 Å². The average molecular weight is 545 g/mol. The van der Waals surface area contributed by atoms with Crippen molar-refractivity contribution >= 4 is 22.8 Å². The Balaban J connectivity index is 1.23. The molecule has 1 aromatic heterocycles. The van der Waals surface area contributed by atoms with Gasteiger partial charge in [0.25, 0.3) is 0 Å². The number of para-hydroxylation sites is 2. The molecule has 2 fully saturated rings. The zero-order valence-corrected chi connectivity index (χ0v) is 23.9. The first kappa shape index (κ1) is 28.2. The van der Waals surface area contributed by atoms with Gasteiger partial charge in [0, 0.05) is 25.0 Å². The third-order valence-electron chi connectivity index (χ3n) is 8.67. The molecule has 1 N–H and O–H groups in total. The van der Waals surface area contributed by atoms with Crippen LogP contribution in [-0.2, 0) is 29.0 Å². The highest BCUT2D eigenvalue weighted by Gasteiger charge is 2.33. The number of nitrogens with one attached hydrogen (secondary N) is 1. The van der Waals surface area contributed by atoms with Gasteiger partial charge in [-0.05, 0) is 61.9 Å². The maximum Gasteiger partial charge on any atom is 0.243 e. The zero-order chi connectivity index (χ0) is 27.7. The molecule has 2 aromatic carbocycles. The van der Waals surface area contributed by atoms with E-state index in [0.717, 1.165) is 60.3 Å². The average Bonchev–Trinajstić information content (AvgIpc) is 3.34. The van der Waals surface area contributed by atoms with E-state index in [1.807, 2.05) is 42.5 Å². The molecule has 5 rings (SSSR count). The Hall–Kier alpha value is -3.35. The van der Waals surface area contributed by atoms with Crippen molar-refractivity contribution in [1.82, 2.24) is 19.8 Å². The zero-order valence-electron chi connectivity index (χ0n) is 23.9. The first-order chi connectivity index (χ1) is 19.6. The molecule has 0 atom stereocenters. The molecule has 0 aliphatic heterocycles. The van der Waals surface area contributed by atoms with E-state index in [4.69, 9.17) is 9.72 Å². The van der Waals surface area contributed by atoms with Gasteiger partial charge in [-0.15, -0.1) is 0 Å². The van der Waals surface area contributed by atoms with E-state index in [9.17, 15) is 9.59 Å². The number of hydrogen-bond acceptors (Lipinski definition) is 4. The maximum absolute atomic E-state index is 14.1. The van der Waals surface area contributed by atoms with Crippen LogP contribution in [-0.4, -0.2) is 52.0 Å². The number of fused-ring (bicyclic) bond motifs is 1. The lowest BCUT2D eigenvalue weighted by atomic mass is 9.88. The number of nitrogens with zero attached hydrogens (tertiary/aromatic N) is 3. The summed E-state index contributed by atoms with van der Waals surface area (Å²) in [6, 6.07) is 16.5. The Morgan fingerprint density at radius 3 is 2.23 bits per heavy atom. The number of benzene rings is 2.